The third-order valence-electron chi connectivity index (χ3n) is 4.24. The number of carbonyl (C=O) groups excluding carboxylic acids is 1. The van der Waals surface area contributed by atoms with E-state index in [1.54, 1.807) is 12.1 Å². The van der Waals surface area contributed by atoms with Crippen LogP contribution in [0, 0.1) is 0 Å². The predicted molar refractivity (Wildman–Crippen MR) is 96.7 cm³/mol. The summed E-state index contributed by atoms with van der Waals surface area (Å²) in [6.07, 6.45) is -1.65. The molecule has 2 aromatic rings. The second-order valence-corrected chi connectivity index (χ2v) is 6.84. The molecule has 8 nitrogen and oxygen atoms in total. The van der Waals surface area contributed by atoms with Gasteiger partial charge in [-0.2, -0.15) is 13.2 Å². The molecule has 1 fully saturated rings. The number of rotatable bonds is 8. The Kier molecular flexibility index (Phi) is 6.12. The molecule has 2 N–H and O–H groups in total. The van der Waals surface area contributed by atoms with Gasteiger partial charge in [-0.1, -0.05) is 0 Å². The lowest BCUT2D eigenvalue weighted by Crippen LogP contribution is -2.34. The highest BCUT2D eigenvalue weighted by molar-refractivity contribution is 5.89. The Bertz CT molecular complexity index is 787. The van der Waals surface area contributed by atoms with Crippen molar-refractivity contribution in [1.29, 1.82) is 0 Å². The first kappa shape index (κ1) is 20.1. The molecule has 1 aromatic carbocycles. The molecule has 3 rings (SSSR count). The maximum absolute atomic E-state index is 12.2. The van der Waals surface area contributed by atoms with E-state index < -0.39 is 18.8 Å². The van der Waals surface area contributed by atoms with Gasteiger partial charge in [0, 0.05) is 17.8 Å². The van der Waals surface area contributed by atoms with Gasteiger partial charge in [-0.05, 0) is 67.5 Å². The zero-order valence-electron chi connectivity index (χ0n) is 15.4. The van der Waals surface area contributed by atoms with Crippen LogP contribution in [0.3, 0.4) is 0 Å². The van der Waals surface area contributed by atoms with Gasteiger partial charge in [-0.3, -0.25) is 4.90 Å². The number of tetrazole rings is 1. The van der Waals surface area contributed by atoms with E-state index in [1.807, 2.05) is 16.8 Å². The average molecular weight is 397 g/mol. The van der Waals surface area contributed by atoms with E-state index in [9.17, 15) is 18.0 Å². The summed E-state index contributed by atoms with van der Waals surface area (Å²) in [5.74, 6) is 0.696. The molecule has 28 heavy (non-hydrogen) atoms. The number of benzene rings is 1. The van der Waals surface area contributed by atoms with Gasteiger partial charge in [0.1, 0.15) is 0 Å². The lowest BCUT2D eigenvalue weighted by Gasteiger charge is -2.18. The molecule has 1 aromatic heterocycles. The summed E-state index contributed by atoms with van der Waals surface area (Å²) in [7, 11) is 1.40. The minimum absolute atomic E-state index is 0.240. The molecule has 0 saturated heterocycles. The molecule has 0 bridgehead atoms. The zero-order chi connectivity index (χ0) is 20.1. The third-order valence-corrected chi connectivity index (χ3v) is 4.24. The van der Waals surface area contributed by atoms with E-state index in [4.69, 9.17) is 0 Å². The van der Waals surface area contributed by atoms with E-state index in [0.29, 0.717) is 24.0 Å². The predicted octanol–water partition coefficient (Wildman–Crippen LogP) is 2.68. The van der Waals surface area contributed by atoms with Crippen LogP contribution in [0.15, 0.2) is 24.3 Å². The smallest absolute Gasteiger partial charge is 0.338 e. The minimum atomic E-state index is -4.21. The van der Waals surface area contributed by atoms with Crippen molar-refractivity contribution in [3.05, 3.63) is 24.3 Å². The Labute approximate surface area is 160 Å². The Morgan fingerprint density at radius 3 is 2.64 bits per heavy atom. The van der Waals surface area contributed by atoms with Gasteiger partial charge in [0.15, 0.2) is 5.82 Å². The fourth-order valence-electron chi connectivity index (χ4n) is 2.76. The Balaban J connectivity index is 1.41. The van der Waals surface area contributed by atoms with Gasteiger partial charge in [0.25, 0.3) is 0 Å². The Morgan fingerprint density at radius 2 is 2.00 bits per heavy atom. The molecular formula is C17H22F3N7O. The second kappa shape index (κ2) is 8.55. The number of alkyl halides is 3. The van der Waals surface area contributed by atoms with Crippen molar-refractivity contribution >= 4 is 11.7 Å². The average Bonchev–Trinajstić information content (AvgIpc) is 3.35. The van der Waals surface area contributed by atoms with E-state index in [1.165, 1.54) is 11.9 Å². The molecule has 1 aliphatic carbocycles. The van der Waals surface area contributed by atoms with Crippen LogP contribution in [0.2, 0.25) is 0 Å². The number of hydrogen-bond donors (Lipinski definition) is 2. The largest absolute Gasteiger partial charge is 0.401 e. The first-order valence-corrected chi connectivity index (χ1v) is 9.00. The topological polar surface area (TPSA) is 88.0 Å². The van der Waals surface area contributed by atoms with Crippen molar-refractivity contribution in [3.8, 4) is 11.4 Å². The lowest BCUT2D eigenvalue weighted by atomic mass is 10.2. The van der Waals surface area contributed by atoms with Crippen LogP contribution < -0.4 is 10.6 Å². The van der Waals surface area contributed by atoms with Crippen molar-refractivity contribution < 1.29 is 18.0 Å². The van der Waals surface area contributed by atoms with Crippen LogP contribution >= 0.6 is 0 Å². The summed E-state index contributed by atoms with van der Waals surface area (Å²) in [6.45, 7) is -0.442. The monoisotopic (exact) mass is 397 g/mol. The number of urea groups is 1. The molecule has 152 valence electrons. The zero-order valence-corrected chi connectivity index (χ0v) is 15.4. The number of aromatic nitrogens is 4. The first-order chi connectivity index (χ1) is 13.3. The molecule has 1 saturated carbocycles. The fourth-order valence-corrected chi connectivity index (χ4v) is 2.76. The maximum atomic E-state index is 12.2. The van der Waals surface area contributed by atoms with Gasteiger partial charge in [-0.25, -0.2) is 9.48 Å². The van der Waals surface area contributed by atoms with Gasteiger partial charge in [-0.15, -0.1) is 5.10 Å². The van der Waals surface area contributed by atoms with Crippen LogP contribution in [-0.4, -0.2) is 64.0 Å². The summed E-state index contributed by atoms with van der Waals surface area (Å²) in [4.78, 5) is 13.1. The van der Waals surface area contributed by atoms with Crippen molar-refractivity contribution in [3.63, 3.8) is 0 Å². The molecule has 1 aliphatic rings. The summed E-state index contributed by atoms with van der Waals surface area (Å²) < 4.78 is 38.5. The SMILES string of the molecule is CN(CCCNC(=O)Nc1ccc(-c2nnnn2C2CC2)cc1)CC(F)(F)F. The standard InChI is InChI=1S/C17H22F3N7O/c1-26(11-17(18,19)20)10-2-9-21-16(28)22-13-5-3-12(4-6-13)15-23-24-25-27(15)14-7-8-14/h3-6,14H,2,7-11H2,1H3,(H2,21,22,28). The second-order valence-electron chi connectivity index (χ2n) is 6.84. The van der Waals surface area contributed by atoms with E-state index >= 15 is 0 Å². The molecule has 0 radical (unpaired) electrons. The van der Waals surface area contributed by atoms with Crippen molar-refractivity contribution in [2.45, 2.75) is 31.5 Å². The van der Waals surface area contributed by atoms with Crippen LogP contribution in [-0.2, 0) is 0 Å². The number of anilines is 1. The quantitative estimate of drug-likeness (QED) is 0.669. The van der Waals surface area contributed by atoms with Crippen molar-refractivity contribution in [2.24, 2.45) is 0 Å². The van der Waals surface area contributed by atoms with Gasteiger partial charge >= 0.3 is 12.2 Å². The molecule has 0 spiro atoms. The number of nitrogens with one attached hydrogen (secondary N) is 2. The normalized spacial score (nSPS) is 14.3. The van der Waals surface area contributed by atoms with Crippen LogP contribution in [0.4, 0.5) is 23.7 Å². The van der Waals surface area contributed by atoms with E-state index in [2.05, 4.69) is 26.2 Å². The van der Waals surface area contributed by atoms with Crippen LogP contribution in [0.1, 0.15) is 25.3 Å². The van der Waals surface area contributed by atoms with Crippen LogP contribution in [0.5, 0.6) is 0 Å². The Morgan fingerprint density at radius 1 is 1.29 bits per heavy atom. The van der Waals surface area contributed by atoms with Crippen molar-refractivity contribution in [1.82, 2.24) is 30.4 Å². The number of nitrogens with zero attached hydrogens (tertiary/aromatic N) is 5. The van der Waals surface area contributed by atoms with Crippen molar-refractivity contribution in [2.75, 3.05) is 32.0 Å². The Hall–Kier alpha value is -2.69. The number of amides is 2. The molecule has 2 amide bonds. The third kappa shape index (κ3) is 5.91. The van der Waals surface area contributed by atoms with E-state index in [0.717, 1.165) is 18.4 Å². The van der Waals surface area contributed by atoms with E-state index in [-0.39, 0.29) is 13.1 Å². The minimum Gasteiger partial charge on any atom is -0.338 e. The summed E-state index contributed by atoms with van der Waals surface area (Å²) in [5, 5.41) is 17.1. The van der Waals surface area contributed by atoms with Crippen LogP contribution in [0.25, 0.3) is 11.4 Å². The molecule has 0 atom stereocenters. The first-order valence-electron chi connectivity index (χ1n) is 9.00. The number of halogens is 3. The summed E-state index contributed by atoms with van der Waals surface area (Å²) in [5.41, 5.74) is 1.46. The molecule has 1 heterocycles. The van der Waals surface area contributed by atoms with Gasteiger partial charge in [0.2, 0.25) is 0 Å². The lowest BCUT2D eigenvalue weighted by molar-refractivity contribution is -0.143. The molecule has 11 heteroatoms. The molecule has 0 unspecified atom stereocenters. The fraction of sp³-hybridized carbons (Fsp3) is 0.529. The molecular weight excluding hydrogens is 375 g/mol. The maximum Gasteiger partial charge on any atom is 0.401 e. The highest BCUT2D eigenvalue weighted by Gasteiger charge is 2.29. The highest BCUT2D eigenvalue weighted by atomic mass is 19.4. The van der Waals surface area contributed by atoms with Gasteiger partial charge in [0.05, 0.1) is 12.6 Å². The summed E-state index contributed by atoms with van der Waals surface area (Å²) >= 11 is 0. The number of hydrogen-bond acceptors (Lipinski definition) is 5. The highest BCUT2D eigenvalue weighted by Crippen LogP contribution is 2.36. The number of carbonyl (C=O) groups is 1. The summed E-state index contributed by atoms with van der Waals surface area (Å²) in [6, 6.07) is 7.10. The van der Waals surface area contributed by atoms with Gasteiger partial charge < -0.3 is 10.6 Å². The molecule has 0 aliphatic heterocycles.